The monoisotopic (exact) mass is 538 g/mol. The van der Waals surface area contributed by atoms with Gasteiger partial charge in [-0.15, -0.1) is 0 Å². The number of alkyl halides is 7. The van der Waals surface area contributed by atoms with Crippen LogP contribution in [0.3, 0.4) is 0 Å². The number of carbonyl (C=O) groups excluding carboxylic acids is 1. The molecule has 0 radical (unpaired) electrons. The van der Waals surface area contributed by atoms with Crippen molar-refractivity contribution < 1.29 is 49.1 Å². The Morgan fingerprint density at radius 2 is 1.58 bits per heavy atom. The van der Waals surface area contributed by atoms with Crippen LogP contribution in [0.15, 0.2) is 53.6 Å². The van der Waals surface area contributed by atoms with E-state index in [0.29, 0.717) is 17.5 Å². The van der Waals surface area contributed by atoms with Crippen molar-refractivity contribution in [1.29, 1.82) is 0 Å². The number of sulfone groups is 1. The van der Waals surface area contributed by atoms with Gasteiger partial charge >= 0.3 is 12.4 Å². The smallest absolute Gasteiger partial charge is 0.369 e. The number of aromatic amines is 1. The van der Waals surface area contributed by atoms with Crippen molar-refractivity contribution >= 4 is 32.2 Å². The van der Waals surface area contributed by atoms with Crippen LogP contribution >= 0.6 is 0 Å². The minimum atomic E-state index is -6.05. The molecule has 6 nitrogen and oxygen atoms in total. The summed E-state index contributed by atoms with van der Waals surface area (Å²) in [5, 5.41) is 12.3. The Morgan fingerprint density at radius 1 is 1.00 bits per heavy atom. The van der Waals surface area contributed by atoms with Gasteiger partial charge in [-0.25, -0.2) is 12.8 Å². The summed E-state index contributed by atoms with van der Waals surface area (Å²) in [4.78, 5) is 15.1. The summed E-state index contributed by atoms with van der Waals surface area (Å²) < 4.78 is 117. The molecule has 4 rings (SSSR count). The second kappa shape index (κ2) is 8.20. The molecule has 1 aliphatic rings. The van der Waals surface area contributed by atoms with Crippen LogP contribution in [0.1, 0.15) is 28.9 Å². The minimum absolute atomic E-state index is 0.0655. The summed E-state index contributed by atoms with van der Waals surface area (Å²) in [5.74, 6) is -1.48. The van der Waals surface area contributed by atoms with Crippen LogP contribution in [-0.4, -0.2) is 48.2 Å². The van der Waals surface area contributed by atoms with Crippen LogP contribution in [0.25, 0.3) is 10.8 Å². The Balaban J connectivity index is 1.55. The number of anilines is 1. The van der Waals surface area contributed by atoms with E-state index in [1.165, 1.54) is 24.4 Å². The molecule has 0 atom stereocenters. The molecule has 194 valence electrons. The molecule has 0 saturated heterocycles. The summed E-state index contributed by atoms with van der Waals surface area (Å²) in [6.45, 7) is 0. The fourth-order valence-electron chi connectivity index (χ4n) is 3.68. The highest BCUT2D eigenvalue weighted by molar-refractivity contribution is 7.91. The number of halogens is 7. The maximum Gasteiger partial charge on any atom is 0.430 e. The van der Waals surface area contributed by atoms with Crippen LogP contribution in [0, 0.1) is 0 Å². The highest BCUT2D eigenvalue weighted by Gasteiger charge is 2.71. The Kier molecular flexibility index (Phi) is 5.91. The Morgan fingerprint density at radius 3 is 2.11 bits per heavy atom. The number of rotatable bonds is 6. The molecule has 1 aromatic heterocycles. The summed E-state index contributed by atoms with van der Waals surface area (Å²) >= 11 is 0. The highest BCUT2D eigenvalue weighted by atomic mass is 32.2. The van der Waals surface area contributed by atoms with Crippen LogP contribution in [0.2, 0.25) is 0 Å². The predicted molar refractivity (Wildman–Crippen MR) is 114 cm³/mol. The Bertz CT molecular complexity index is 1410. The third kappa shape index (κ3) is 4.54. The fourth-order valence-corrected chi connectivity index (χ4v) is 5.40. The number of benzene rings is 2. The summed E-state index contributed by atoms with van der Waals surface area (Å²) in [6, 6.07) is 6.08. The van der Waals surface area contributed by atoms with Gasteiger partial charge in [0.1, 0.15) is 11.4 Å². The number of aromatic nitrogens is 1. The third-order valence-electron chi connectivity index (χ3n) is 5.87. The molecule has 14 heteroatoms. The number of nitrogens with one attached hydrogen (secondary N) is 2. The maximum atomic E-state index is 14.0. The lowest BCUT2D eigenvalue weighted by Gasteiger charge is -2.32. The van der Waals surface area contributed by atoms with Gasteiger partial charge in [0.25, 0.3) is 11.5 Å². The highest BCUT2D eigenvalue weighted by Crippen LogP contribution is 2.50. The zero-order valence-corrected chi connectivity index (χ0v) is 18.8. The molecule has 1 amide bonds. The summed E-state index contributed by atoms with van der Waals surface area (Å²) in [7, 11) is -3.91. The number of aliphatic hydroxyl groups is 1. The van der Waals surface area contributed by atoms with E-state index in [2.05, 4.69) is 10.3 Å². The lowest BCUT2D eigenvalue weighted by molar-refractivity contribution is -0.376. The molecular formula is C22H17F7N2O4S. The van der Waals surface area contributed by atoms with E-state index in [-0.39, 0.29) is 34.5 Å². The van der Waals surface area contributed by atoms with Gasteiger partial charge < -0.3 is 15.4 Å². The Hall–Kier alpha value is -3.13. The van der Waals surface area contributed by atoms with E-state index in [0.717, 1.165) is 12.1 Å². The normalized spacial score (nSPS) is 16.2. The van der Waals surface area contributed by atoms with Gasteiger partial charge in [-0.2, -0.15) is 26.3 Å². The van der Waals surface area contributed by atoms with E-state index < -0.39 is 50.7 Å². The first kappa shape index (κ1) is 25.9. The molecule has 3 N–H and O–H groups in total. The zero-order chi connectivity index (χ0) is 26.7. The van der Waals surface area contributed by atoms with Gasteiger partial charge in [-0.1, -0.05) is 18.2 Å². The second-order valence-corrected chi connectivity index (χ2v) is 10.5. The average molecular weight is 538 g/mol. The maximum absolute atomic E-state index is 14.0. The number of hydrogen-bond acceptors (Lipinski definition) is 4. The van der Waals surface area contributed by atoms with Crippen molar-refractivity contribution in [3.05, 3.63) is 59.9 Å². The molecule has 1 saturated carbocycles. The molecule has 1 fully saturated rings. The van der Waals surface area contributed by atoms with Gasteiger partial charge in [0.05, 0.1) is 10.6 Å². The first-order valence-corrected chi connectivity index (χ1v) is 11.9. The van der Waals surface area contributed by atoms with Crippen LogP contribution in [-0.2, 0) is 15.4 Å². The van der Waals surface area contributed by atoms with Crippen molar-refractivity contribution in [2.45, 2.75) is 41.4 Å². The molecule has 0 aliphatic heterocycles. The third-order valence-corrected chi connectivity index (χ3v) is 7.74. The molecular weight excluding hydrogens is 521 g/mol. The number of hydrogen-bond donors (Lipinski definition) is 3. The second-order valence-electron chi connectivity index (χ2n) is 8.56. The van der Waals surface area contributed by atoms with Gasteiger partial charge in [-0.05, 0) is 37.1 Å². The molecule has 0 spiro atoms. The van der Waals surface area contributed by atoms with Gasteiger partial charge in [0.2, 0.25) is 0 Å². The van der Waals surface area contributed by atoms with Crippen molar-refractivity contribution in [2.24, 2.45) is 0 Å². The standard InChI is InChI=1S/C22H17F7N2O4S/c23-19(7-8-19)11-36(34,35)15-5-6-16-12(9-15)10-30-17(16)18(32)31-14-3-1-13(2-4-14)20(33,21(24,25)26)22(27,28)29/h1-6,9-10,30,33H,7-8,11H2,(H,31,32). The number of carbonyl (C=O) groups is 1. The SMILES string of the molecule is O=C(Nc1ccc(C(O)(C(F)(F)F)C(F)(F)F)cc1)c1[nH]cc2cc(S(=O)(=O)CC3(F)CC3)ccc12. The lowest BCUT2D eigenvalue weighted by Crippen LogP contribution is -2.53. The van der Waals surface area contributed by atoms with E-state index in [9.17, 15) is 49.1 Å². The van der Waals surface area contributed by atoms with Crippen LogP contribution in [0.4, 0.5) is 36.4 Å². The largest absolute Gasteiger partial charge is 0.430 e. The van der Waals surface area contributed by atoms with Crippen molar-refractivity contribution in [1.82, 2.24) is 4.98 Å². The molecule has 1 heterocycles. The molecule has 2 aromatic carbocycles. The molecule has 1 aliphatic carbocycles. The van der Waals surface area contributed by atoms with E-state index in [1.807, 2.05) is 0 Å². The molecule has 3 aromatic rings. The Labute approximate surface area is 199 Å². The molecule has 0 unspecified atom stereocenters. The topological polar surface area (TPSA) is 99.3 Å². The number of H-pyrrole nitrogens is 1. The van der Waals surface area contributed by atoms with E-state index in [4.69, 9.17) is 0 Å². The molecule has 36 heavy (non-hydrogen) atoms. The predicted octanol–water partition coefficient (Wildman–Crippen LogP) is 5.01. The number of fused-ring (bicyclic) bond motifs is 1. The zero-order valence-electron chi connectivity index (χ0n) is 18.0. The average Bonchev–Trinajstić information content (AvgIpc) is 3.31. The first-order valence-electron chi connectivity index (χ1n) is 10.3. The summed E-state index contributed by atoms with van der Waals surface area (Å²) in [6.07, 6.45) is -10.4. The van der Waals surface area contributed by atoms with E-state index in [1.54, 1.807) is 0 Å². The minimum Gasteiger partial charge on any atom is -0.369 e. The number of amides is 1. The van der Waals surface area contributed by atoms with Crippen LogP contribution in [0.5, 0.6) is 0 Å². The van der Waals surface area contributed by atoms with Gasteiger partial charge in [0, 0.05) is 28.2 Å². The quantitative estimate of drug-likeness (QED) is 0.385. The van der Waals surface area contributed by atoms with Gasteiger partial charge in [0.15, 0.2) is 9.84 Å². The summed E-state index contributed by atoms with van der Waals surface area (Å²) in [5.41, 5.74) is -8.56. The van der Waals surface area contributed by atoms with E-state index >= 15 is 0 Å². The van der Waals surface area contributed by atoms with Crippen LogP contribution < -0.4 is 5.32 Å². The van der Waals surface area contributed by atoms with Gasteiger partial charge in [-0.3, -0.25) is 4.79 Å². The first-order chi connectivity index (χ1) is 16.5. The molecule has 0 bridgehead atoms. The van der Waals surface area contributed by atoms with Crippen molar-refractivity contribution in [3.8, 4) is 0 Å². The fraction of sp³-hybridized carbons (Fsp3) is 0.318. The van der Waals surface area contributed by atoms with Crippen molar-refractivity contribution in [3.63, 3.8) is 0 Å². The lowest BCUT2D eigenvalue weighted by atomic mass is 9.92. The van der Waals surface area contributed by atoms with Crippen molar-refractivity contribution in [2.75, 3.05) is 11.1 Å².